The molecule has 0 aliphatic rings. The van der Waals surface area contributed by atoms with Crippen molar-refractivity contribution in [1.82, 2.24) is 0 Å². The van der Waals surface area contributed by atoms with E-state index < -0.39 is 0 Å². The fourth-order valence-corrected chi connectivity index (χ4v) is 4.17. The summed E-state index contributed by atoms with van der Waals surface area (Å²) in [6.45, 7) is 2.01. The molecule has 0 unspecified atom stereocenters. The SMILES string of the molecule is CSc1cccc2c(CCc3cc(=O)oc4cc(C)ccc34)cccc12. The van der Waals surface area contributed by atoms with Crippen molar-refractivity contribution < 1.29 is 4.42 Å². The van der Waals surface area contributed by atoms with Crippen LogP contribution in [-0.2, 0) is 12.8 Å². The van der Waals surface area contributed by atoms with Crippen molar-refractivity contribution in [3.63, 3.8) is 0 Å². The quantitative estimate of drug-likeness (QED) is 0.342. The van der Waals surface area contributed by atoms with E-state index in [0.29, 0.717) is 5.58 Å². The number of aryl methyl sites for hydroxylation is 3. The lowest BCUT2D eigenvalue weighted by molar-refractivity contribution is 0.558. The van der Waals surface area contributed by atoms with Crippen molar-refractivity contribution in [2.24, 2.45) is 0 Å². The zero-order valence-electron chi connectivity index (χ0n) is 14.9. The topological polar surface area (TPSA) is 30.2 Å². The molecule has 0 N–H and O–H groups in total. The fraction of sp³-hybridized carbons (Fsp3) is 0.174. The minimum atomic E-state index is -0.277. The largest absolute Gasteiger partial charge is 0.423 e. The fourth-order valence-electron chi connectivity index (χ4n) is 3.56. The van der Waals surface area contributed by atoms with Crippen LogP contribution in [0.25, 0.3) is 21.7 Å². The Labute approximate surface area is 156 Å². The predicted molar refractivity (Wildman–Crippen MR) is 110 cm³/mol. The van der Waals surface area contributed by atoms with Crippen molar-refractivity contribution in [2.45, 2.75) is 24.7 Å². The monoisotopic (exact) mass is 360 g/mol. The maximum Gasteiger partial charge on any atom is 0.336 e. The Hall–Kier alpha value is -2.52. The van der Waals surface area contributed by atoms with E-state index in [1.165, 1.54) is 21.2 Å². The average molecular weight is 360 g/mol. The van der Waals surface area contributed by atoms with E-state index in [1.54, 1.807) is 17.8 Å². The van der Waals surface area contributed by atoms with Crippen molar-refractivity contribution in [3.05, 3.63) is 87.8 Å². The molecule has 1 heterocycles. The lowest BCUT2D eigenvalue weighted by atomic mass is 9.97. The van der Waals surface area contributed by atoms with E-state index in [2.05, 4.69) is 54.8 Å². The maximum atomic E-state index is 12.0. The Balaban J connectivity index is 1.73. The Kier molecular flexibility index (Phi) is 4.56. The Bertz CT molecular complexity index is 1160. The van der Waals surface area contributed by atoms with E-state index in [9.17, 15) is 4.79 Å². The summed E-state index contributed by atoms with van der Waals surface area (Å²) in [5.41, 5.74) is 3.86. The van der Waals surface area contributed by atoms with Gasteiger partial charge in [0.25, 0.3) is 0 Å². The molecule has 3 heteroatoms. The molecule has 0 fully saturated rings. The first-order chi connectivity index (χ1) is 12.7. The Morgan fingerprint density at radius 3 is 2.46 bits per heavy atom. The van der Waals surface area contributed by atoms with Gasteiger partial charge in [-0.1, -0.05) is 42.5 Å². The molecule has 0 radical (unpaired) electrons. The van der Waals surface area contributed by atoms with Crippen molar-refractivity contribution in [2.75, 3.05) is 6.26 Å². The maximum absolute atomic E-state index is 12.0. The number of benzene rings is 3. The van der Waals surface area contributed by atoms with E-state index >= 15 is 0 Å². The van der Waals surface area contributed by atoms with Crippen LogP contribution in [0, 0.1) is 6.92 Å². The smallest absolute Gasteiger partial charge is 0.336 e. The molecular formula is C23H20O2S. The van der Waals surface area contributed by atoms with Crippen molar-refractivity contribution in [3.8, 4) is 0 Å². The second kappa shape index (κ2) is 7.00. The molecule has 0 amide bonds. The minimum absolute atomic E-state index is 0.277. The molecule has 4 aromatic rings. The Morgan fingerprint density at radius 1 is 0.846 bits per heavy atom. The number of hydrogen-bond acceptors (Lipinski definition) is 3. The first kappa shape index (κ1) is 16.9. The number of hydrogen-bond donors (Lipinski definition) is 0. The standard InChI is InChI=1S/C23H20O2S/c1-15-9-12-19-17(14-23(24)25-21(19)13-15)11-10-16-5-3-7-20-18(16)6-4-8-22(20)26-2/h3-9,12-14H,10-11H2,1-2H3. The molecule has 0 aliphatic carbocycles. The van der Waals surface area contributed by atoms with Gasteiger partial charge in [-0.3, -0.25) is 0 Å². The molecular weight excluding hydrogens is 340 g/mol. The first-order valence-electron chi connectivity index (χ1n) is 8.74. The van der Waals surface area contributed by atoms with Gasteiger partial charge in [-0.05, 0) is 65.6 Å². The molecule has 0 aliphatic heterocycles. The Morgan fingerprint density at radius 2 is 1.62 bits per heavy atom. The average Bonchev–Trinajstić information content (AvgIpc) is 2.65. The van der Waals surface area contributed by atoms with Gasteiger partial charge in [-0.2, -0.15) is 0 Å². The van der Waals surface area contributed by atoms with Gasteiger partial charge in [-0.15, -0.1) is 11.8 Å². The molecule has 2 nitrogen and oxygen atoms in total. The number of rotatable bonds is 4. The summed E-state index contributed by atoms with van der Waals surface area (Å²) in [5, 5.41) is 3.62. The molecule has 1 aromatic heterocycles. The third-order valence-corrected chi connectivity index (χ3v) is 5.64. The van der Waals surface area contributed by atoms with Gasteiger partial charge in [-0.25, -0.2) is 4.79 Å². The molecule has 3 aromatic carbocycles. The number of fused-ring (bicyclic) bond motifs is 2. The van der Waals surface area contributed by atoms with Crippen molar-refractivity contribution >= 4 is 33.5 Å². The molecule has 0 atom stereocenters. The van der Waals surface area contributed by atoms with Crippen LogP contribution in [0.4, 0.5) is 0 Å². The summed E-state index contributed by atoms with van der Waals surface area (Å²) >= 11 is 1.77. The minimum Gasteiger partial charge on any atom is -0.423 e. The predicted octanol–water partition coefficient (Wildman–Crippen LogP) is 5.76. The zero-order valence-corrected chi connectivity index (χ0v) is 15.7. The summed E-state index contributed by atoms with van der Waals surface area (Å²) < 4.78 is 5.38. The van der Waals surface area contributed by atoms with Crippen LogP contribution < -0.4 is 5.63 Å². The van der Waals surface area contributed by atoms with Crippen LogP contribution in [0.15, 0.2) is 74.8 Å². The van der Waals surface area contributed by atoms with Gasteiger partial charge in [0.15, 0.2) is 0 Å². The van der Waals surface area contributed by atoms with Gasteiger partial charge in [0.05, 0.1) is 0 Å². The van der Waals surface area contributed by atoms with Crippen LogP contribution in [0.3, 0.4) is 0 Å². The lowest BCUT2D eigenvalue weighted by Crippen LogP contribution is -2.02. The van der Waals surface area contributed by atoms with E-state index in [-0.39, 0.29) is 5.63 Å². The molecule has 130 valence electrons. The highest BCUT2D eigenvalue weighted by Crippen LogP contribution is 2.29. The summed E-state index contributed by atoms with van der Waals surface area (Å²) in [6, 6.07) is 20.6. The van der Waals surface area contributed by atoms with Gasteiger partial charge >= 0.3 is 5.63 Å². The highest BCUT2D eigenvalue weighted by Gasteiger charge is 2.09. The molecule has 0 saturated carbocycles. The highest BCUT2D eigenvalue weighted by molar-refractivity contribution is 7.98. The molecule has 26 heavy (non-hydrogen) atoms. The summed E-state index contributed by atoms with van der Waals surface area (Å²) in [7, 11) is 0. The van der Waals surface area contributed by atoms with Crippen LogP contribution in [0.2, 0.25) is 0 Å². The third-order valence-electron chi connectivity index (χ3n) is 4.84. The van der Waals surface area contributed by atoms with Gasteiger partial charge in [0, 0.05) is 16.3 Å². The van der Waals surface area contributed by atoms with Crippen LogP contribution >= 0.6 is 11.8 Å². The third kappa shape index (κ3) is 3.15. The van der Waals surface area contributed by atoms with Crippen LogP contribution in [-0.4, -0.2) is 6.26 Å². The summed E-state index contributed by atoms with van der Waals surface area (Å²) in [5.74, 6) is 0. The van der Waals surface area contributed by atoms with Crippen LogP contribution in [0.1, 0.15) is 16.7 Å². The second-order valence-electron chi connectivity index (χ2n) is 6.56. The molecule has 4 rings (SSSR count). The normalized spacial score (nSPS) is 11.3. The second-order valence-corrected chi connectivity index (χ2v) is 7.41. The van der Waals surface area contributed by atoms with Gasteiger partial charge in [0.1, 0.15) is 5.58 Å². The van der Waals surface area contributed by atoms with E-state index in [1.807, 2.05) is 13.0 Å². The van der Waals surface area contributed by atoms with E-state index in [4.69, 9.17) is 4.42 Å². The van der Waals surface area contributed by atoms with Crippen LogP contribution in [0.5, 0.6) is 0 Å². The molecule has 0 bridgehead atoms. The highest BCUT2D eigenvalue weighted by atomic mass is 32.2. The zero-order chi connectivity index (χ0) is 18.1. The summed E-state index contributed by atoms with van der Waals surface area (Å²) in [6.07, 6.45) is 3.81. The molecule has 0 saturated heterocycles. The summed E-state index contributed by atoms with van der Waals surface area (Å²) in [4.78, 5) is 13.3. The molecule has 0 spiro atoms. The first-order valence-corrected chi connectivity index (χ1v) is 9.96. The lowest BCUT2D eigenvalue weighted by Gasteiger charge is -2.10. The van der Waals surface area contributed by atoms with Crippen molar-refractivity contribution in [1.29, 1.82) is 0 Å². The van der Waals surface area contributed by atoms with Gasteiger partial charge < -0.3 is 4.42 Å². The van der Waals surface area contributed by atoms with Gasteiger partial charge in [0.2, 0.25) is 0 Å². The number of thioether (sulfide) groups is 1. The van der Waals surface area contributed by atoms with E-state index in [0.717, 1.165) is 29.4 Å².